The van der Waals surface area contributed by atoms with E-state index in [1.807, 2.05) is 47.7 Å². The molecule has 4 nitrogen and oxygen atoms in total. The van der Waals surface area contributed by atoms with Crippen molar-refractivity contribution in [1.29, 1.82) is 5.26 Å². The Balaban J connectivity index is 2.21. The molecule has 1 aromatic heterocycles. The second kappa shape index (κ2) is 7.43. The molecule has 0 bridgehead atoms. The van der Waals surface area contributed by atoms with Crippen LogP contribution in [0.2, 0.25) is 0 Å². The molecule has 0 spiro atoms. The zero-order chi connectivity index (χ0) is 15.9. The lowest BCUT2D eigenvalue weighted by Crippen LogP contribution is -2.17. The van der Waals surface area contributed by atoms with Crippen molar-refractivity contribution in [3.8, 4) is 6.07 Å². The van der Waals surface area contributed by atoms with Gasteiger partial charge in [-0.25, -0.2) is 4.79 Å². The minimum Gasteiger partial charge on any atom is -0.478 e. The summed E-state index contributed by atoms with van der Waals surface area (Å²) in [6.45, 7) is 0.668. The van der Waals surface area contributed by atoms with Crippen LogP contribution in [0.25, 0.3) is 11.6 Å². The third-order valence-electron chi connectivity index (χ3n) is 3.22. The van der Waals surface area contributed by atoms with Crippen LogP contribution in [0.3, 0.4) is 0 Å². The Hall–Kier alpha value is -2.58. The van der Waals surface area contributed by atoms with Gasteiger partial charge in [0.05, 0.1) is 18.1 Å². The molecule has 2 aromatic rings. The molecule has 0 atom stereocenters. The van der Waals surface area contributed by atoms with Crippen molar-refractivity contribution in [2.24, 2.45) is 0 Å². The first kappa shape index (κ1) is 15.8. The SMILES string of the molecule is CN(CCC#N)c1ccc(/C=C(\C(=O)O)c2cccs2)cc1. The van der Waals surface area contributed by atoms with Gasteiger partial charge in [-0.15, -0.1) is 11.3 Å². The minimum absolute atomic E-state index is 0.292. The number of nitrogens with zero attached hydrogens (tertiary/aromatic N) is 2. The summed E-state index contributed by atoms with van der Waals surface area (Å²) in [6.07, 6.45) is 2.15. The average molecular weight is 312 g/mol. The fraction of sp³-hybridized carbons (Fsp3) is 0.176. The molecule has 0 amide bonds. The summed E-state index contributed by atoms with van der Waals surface area (Å²) in [5.74, 6) is -0.933. The van der Waals surface area contributed by atoms with Gasteiger partial charge in [0.1, 0.15) is 0 Å². The normalized spacial score (nSPS) is 11.0. The van der Waals surface area contributed by atoms with Crippen molar-refractivity contribution in [2.45, 2.75) is 6.42 Å². The number of hydrogen-bond acceptors (Lipinski definition) is 4. The smallest absolute Gasteiger partial charge is 0.337 e. The topological polar surface area (TPSA) is 64.3 Å². The summed E-state index contributed by atoms with van der Waals surface area (Å²) < 4.78 is 0. The Labute approximate surface area is 133 Å². The van der Waals surface area contributed by atoms with Crippen LogP contribution in [0.1, 0.15) is 16.9 Å². The van der Waals surface area contributed by atoms with E-state index in [1.54, 1.807) is 12.1 Å². The lowest BCUT2D eigenvalue weighted by Gasteiger charge is -2.17. The molecule has 2 rings (SSSR count). The number of benzene rings is 1. The molecule has 0 aliphatic carbocycles. The molecule has 1 heterocycles. The van der Waals surface area contributed by atoms with Gasteiger partial charge >= 0.3 is 5.97 Å². The van der Waals surface area contributed by atoms with Crippen LogP contribution in [0.5, 0.6) is 0 Å². The van der Waals surface area contributed by atoms with Crippen LogP contribution >= 0.6 is 11.3 Å². The predicted molar refractivity (Wildman–Crippen MR) is 89.8 cm³/mol. The fourth-order valence-electron chi connectivity index (χ4n) is 2.01. The number of carboxylic acids is 1. The number of thiophene rings is 1. The molecule has 0 aliphatic heterocycles. The Kier molecular flexibility index (Phi) is 5.34. The lowest BCUT2D eigenvalue weighted by molar-refractivity contribution is -0.130. The summed E-state index contributed by atoms with van der Waals surface area (Å²) in [5, 5.41) is 19.8. The second-order valence-corrected chi connectivity index (χ2v) is 5.71. The Morgan fingerprint density at radius 3 is 2.64 bits per heavy atom. The molecule has 22 heavy (non-hydrogen) atoms. The quantitative estimate of drug-likeness (QED) is 0.826. The number of rotatable bonds is 6. The molecule has 0 fully saturated rings. The van der Waals surface area contributed by atoms with Gasteiger partial charge in [0.15, 0.2) is 0 Å². The number of aliphatic carboxylic acids is 1. The number of anilines is 1. The monoisotopic (exact) mass is 312 g/mol. The molecular formula is C17H16N2O2S. The van der Waals surface area contributed by atoms with Crippen LogP contribution in [0.15, 0.2) is 41.8 Å². The van der Waals surface area contributed by atoms with Crippen molar-refractivity contribution in [3.63, 3.8) is 0 Å². The van der Waals surface area contributed by atoms with E-state index in [4.69, 9.17) is 5.26 Å². The molecular weight excluding hydrogens is 296 g/mol. The van der Waals surface area contributed by atoms with Gasteiger partial charge in [-0.3, -0.25) is 0 Å². The molecule has 0 saturated heterocycles. The van der Waals surface area contributed by atoms with Crippen molar-refractivity contribution in [2.75, 3.05) is 18.5 Å². The Morgan fingerprint density at radius 2 is 2.09 bits per heavy atom. The highest BCUT2D eigenvalue weighted by molar-refractivity contribution is 7.11. The van der Waals surface area contributed by atoms with Gasteiger partial charge in [0, 0.05) is 24.2 Å². The van der Waals surface area contributed by atoms with Gasteiger partial charge < -0.3 is 10.0 Å². The summed E-state index contributed by atoms with van der Waals surface area (Å²) in [4.78, 5) is 14.1. The molecule has 0 unspecified atom stereocenters. The Bertz CT molecular complexity index is 697. The third kappa shape index (κ3) is 3.96. The third-order valence-corrected chi connectivity index (χ3v) is 4.12. The van der Waals surface area contributed by atoms with E-state index in [0.29, 0.717) is 18.5 Å². The highest BCUT2D eigenvalue weighted by Crippen LogP contribution is 2.24. The molecule has 0 saturated carbocycles. The number of carboxylic acid groups (broad SMARTS) is 1. The van der Waals surface area contributed by atoms with E-state index < -0.39 is 5.97 Å². The minimum atomic E-state index is -0.933. The van der Waals surface area contributed by atoms with E-state index in [1.165, 1.54) is 11.3 Å². The number of hydrogen-bond donors (Lipinski definition) is 1. The maximum absolute atomic E-state index is 11.4. The molecule has 0 radical (unpaired) electrons. The summed E-state index contributed by atoms with van der Waals surface area (Å²) in [6, 6.07) is 13.4. The maximum atomic E-state index is 11.4. The fourth-order valence-corrected chi connectivity index (χ4v) is 2.74. The summed E-state index contributed by atoms with van der Waals surface area (Å²) in [5.41, 5.74) is 2.13. The van der Waals surface area contributed by atoms with Crippen molar-refractivity contribution in [1.82, 2.24) is 0 Å². The standard InChI is InChI=1S/C17H16N2O2S/c1-19(10-3-9-18)14-7-5-13(6-8-14)12-15(17(20)21)16-4-2-11-22-16/h2,4-8,11-12H,3,10H2,1H3,(H,20,21)/b15-12-. The van der Waals surface area contributed by atoms with Gasteiger partial charge in [-0.1, -0.05) is 18.2 Å². The second-order valence-electron chi connectivity index (χ2n) is 4.76. The van der Waals surface area contributed by atoms with E-state index in [-0.39, 0.29) is 0 Å². The van der Waals surface area contributed by atoms with Crippen LogP contribution in [0.4, 0.5) is 5.69 Å². The predicted octanol–water partition coefficient (Wildman–Crippen LogP) is 3.72. The van der Waals surface area contributed by atoms with Crippen LogP contribution in [0, 0.1) is 11.3 Å². The average Bonchev–Trinajstić information content (AvgIpc) is 3.04. The Morgan fingerprint density at radius 1 is 1.36 bits per heavy atom. The maximum Gasteiger partial charge on any atom is 0.337 e. The first-order valence-corrected chi connectivity index (χ1v) is 7.67. The molecule has 5 heteroatoms. The molecule has 1 N–H and O–H groups in total. The lowest BCUT2D eigenvalue weighted by atomic mass is 10.1. The summed E-state index contributed by atoms with van der Waals surface area (Å²) in [7, 11) is 1.93. The van der Waals surface area contributed by atoms with E-state index >= 15 is 0 Å². The van der Waals surface area contributed by atoms with Crippen molar-refractivity contribution < 1.29 is 9.90 Å². The van der Waals surface area contributed by atoms with Crippen LogP contribution in [-0.2, 0) is 4.79 Å². The van der Waals surface area contributed by atoms with E-state index in [0.717, 1.165) is 16.1 Å². The van der Waals surface area contributed by atoms with E-state index in [9.17, 15) is 9.90 Å². The molecule has 112 valence electrons. The van der Waals surface area contributed by atoms with Gasteiger partial charge in [0.25, 0.3) is 0 Å². The zero-order valence-electron chi connectivity index (χ0n) is 12.2. The van der Waals surface area contributed by atoms with Crippen LogP contribution in [-0.4, -0.2) is 24.7 Å². The molecule has 0 aliphatic rings. The molecule has 1 aromatic carbocycles. The largest absolute Gasteiger partial charge is 0.478 e. The van der Waals surface area contributed by atoms with Gasteiger partial charge in [0.2, 0.25) is 0 Å². The highest BCUT2D eigenvalue weighted by Gasteiger charge is 2.11. The first-order chi connectivity index (χ1) is 10.6. The van der Waals surface area contributed by atoms with E-state index in [2.05, 4.69) is 6.07 Å². The first-order valence-electron chi connectivity index (χ1n) is 6.79. The van der Waals surface area contributed by atoms with Gasteiger partial charge in [-0.05, 0) is 35.2 Å². The summed E-state index contributed by atoms with van der Waals surface area (Å²) >= 11 is 1.41. The van der Waals surface area contributed by atoms with Crippen LogP contribution < -0.4 is 4.90 Å². The van der Waals surface area contributed by atoms with Crippen molar-refractivity contribution >= 4 is 34.6 Å². The van der Waals surface area contributed by atoms with Crippen molar-refractivity contribution in [3.05, 3.63) is 52.2 Å². The number of carbonyl (C=O) groups is 1. The van der Waals surface area contributed by atoms with Gasteiger partial charge in [-0.2, -0.15) is 5.26 Å². The number of nitriles is 1. The highest BCUT2D eigenvalue weighted by atomic mass is 32.1. The zero-order valence-corrected chi connectivity index (χ0v) is 13.0.